The van der Waals surface area contributed by atoms with Gasteiger partial charge >= 0.3 is 0 Å². The molecule has 1 N–H and O–H groups in total. The Bertz CT molecular complexity index is 163. The predicted molar refractivity (Wildman–Crippen MR) is 65.6 cm³/mol. The lowest BCUT2D eigenvalue weighted by molar-refractivity contribution is 0.110. The Balaban J connectivity index is 1.92. The molecule has 2 nitrogen and oxygen atoms in total. The minimum atomic E-state index is 0.239. The Kier molecular flexibility index (Phi) is 5.95. The lowest BCUT2D eigenvalue weighted by Crippen LogP contribution is -2.53. The molecule has 0 aromatic heterocycles. The maximum Gasteiger partial charge on any atom is 0.0591 e. The molecule has 0 radical (unpaired) electrons. The molecular weight excluding hydrogens is 210 g/mol. The van der Waals surface area contributed by atoms with E-state index in [1.165, 1.54) is 19.3 Å². The summed E-state index contributed by atoms with van der Waals surface area (Å²) in [7, 11) is 0. The predicted octanol–water partition coefficient (Wildman–Crippen LogP) is 2.80. The first-order chi connectivity index (χ1) is 7.18. The van der Waals surface area contributed by atoms with Gasteiger partial charge in [-0.25, -0.2) is 0 Å². The summed E-state index contributed by atoms with van der Waals surface area (Å²) >= 11 is 5.94. The highest BCUT2D eigenvalue weighted by molar-refractivity contribution is 6.18. The van der Waals surface area contributed by atoms with E-state index in [-0.39, 0.29) is 5.54 Å². The number of alkyl halides is 1. The fourth-order valence-electron chi connectivity index (χ4n) is 1.77. The first-order valence-corrected chi connectivity index (χ1v) is 6.61. The molecule has 0 unspecified atom stereocenters. The van der Waals surface area contributed by atoms with E-state index in [0.29, 0.717) is 0 Å². The zero-order valence-corrected chi connectivity index (χ0v) is 10.8. The smallest absolute Gasteiger partial charge is 0.0591 e. The highest BCUT2D eigenvalue weighted by Crippen LogP contribution is 2.32. The Labute approximate surface area is 98.7 Å². The van der Waals surface area contributed by atoms with Crippen molar-refractivity contribution in [1.82, 2.24) is 5.32 Å². The molecule has 0 heterocycles. The fourth-order valence-corrected chi connectivity index (χ4v) is 2.13. The van der Waals surface area contributed by atoms with Gasteiger partial charge in [0.1, 0.15) is 0 Å². The number of halogens is 1. The van der Waals surface area contributed by atoms with Crippen molar-refractivity contribution in [1.29, 1.82) is 0 Å². The number of hydrogen-bond donors (Lipinski definition) is 1. The van der Waals surface area contributed by atoms with E-state index in [1.807, 2.05) is 0 Å². The Morgan fingerprint density at radius 2 is 2.07 bits per heavy atom. The van der Waals surface area contributed by atoms with Crippen LogP contribution in [0.2, 0.25) is 0 Å². The van der Waals surface area contributed by atoms with Gasteiger partial charge in [0, 0.05) is 24.6 Å². The Morgan fingerprint density at radius 1 is 1.33 bits per heavy atom. The van der Waals surface area contributed by atoms with Gasteiger partial charge in [0.2, 0.25) is 0 Å². The first-order valence-electron chi connectivity index (χ1n) is 6.07. The summed E-state index contributed by atoms with van der Waals surface area (Å²) in [5.74, 6) is 1.47. The van der Waals surface area contributed by atoms with Crippen molar-refractivity contribution in [3.05, 3.63) is 0 Å². The van der Waals surface area contributed by atoms with Crippen molar-refractivity contribution in [2.24, 2.45) is 5.92 Å². The quantitative estimate of drug-likeness (QED) is 0.514. The van der Waals surface area contributed by atoms with Crippen LogP contribution in [0.4, 0.5) is 0 Å². The number of hydrogen-bond acceptors (Lipinski definition) is 2. The Hall–Kier alpha value is 0.210. The van der Waals surface area contributed by atoms with E-state index in [4.69, 9.17) is 16.3 Å². The van der Waals surface area contributed by atoms with Gasteiger partial charge in [-0.1, -0.05) is 13.8 Å². The highest BCUT2D eigenvalue weighted by Gasteiger charge is 2.34. The van der Waals surface area contributed by atoms with Gasteiger partial charge in [-0.3, -0.25) is 0 Å². The molecule has 1 aliphatic carbocycles. The van der Waals surface area contributed by atoms with Crippen LogP contribution in [0.3, 0.4) is 0 Å². The van der Waals surface area contributed by atoms with Crippen molar-refractivity contribution in [3.63, 3.8) is 0 Å². The normalized spacial score (nSPS) is 19.2. The van der Waals surface area contributed by atoms with E-state index in [0.717, 1.165) is 38.0 Å². The second-order valence-corrected chi connectivity index (χ2v) is 5.26. The first kappa shape index (κ1) is 13.3. The molecule has 3 heteroatoms. The van der Waals surface area contributed by atoms with Crippen molar-refractivity contribution >= 4 is 11.6 Å². The summed E-state index contributed by atoms with van der Waals surface area (Å²) in [6.07, 6.45) is 4.92. The fraction of sp³-hybridized carbons (Fsp3) is 1.00. The van der Waals surface area contributed by atoms with E-state index in [1.54, 1.807) is 0 Å². The van der Waals surface area contributed by atoms with Crippen molar-refractivity contribution in [2.45, 2.75) is 45.1 Å². The summed E-state index contributed by atoms with van der Waals surface area (Å²) in [6.45, 7) is 7.07. The van der Waals surface area contributed by atoms with Crippen LogP contribution in [0.1, 0.15) is 39.5 Å². The van der Waals surface area contributed by atoms with Gasteiger partial charge in [0.15, 0.2) is 0 Å². The average molecular weight is 234 g/mol. The largest absolute Gasteiger partial charge is 0.380 e. The molecule has 90 valence electrons. The molecule has 0 aromatic rings. The summed E-state index contributed by atoms with van der Waals surface area (Å²) in [6, 6.07) is 0. The van der Waals surface area contributed by atoms with Crippen LogP contribution in [0, 0.1) is 5.92 Å². The molecule has 0 bridgehead atoms. The summed E-state index contributed by atoms with van der Waals surface area (Å²) in [5, 5.41) is 3.51. The lowest BCUT2D eigenvalue weighted by atomic mass is 9.78. The standard InChI is InChI=1S/C12H24ClNO/c1-11(2)4-8-15-9-7-14-12(10-13)5-3-6-12/h11,14H,3-10H2,1-2H3. The zero-order valence-electron chi connectivity index (χ0n) is 10.0. The lowest BCUT2D eigenvalue weighted by Gasteiger charge is -2.41. The molecule has 0 aromatic carbocycles. The van der Waals surface area contributed by atoms with Crippen molar-refractivity contribution in [3.8, 4) is 0 Å². The molecule has 1 aliphatic rings. The second-order valence-electron chi connectivity index (χ2n) is 4.99. The minimum Gasteiger partial charge on any atom is -0.380 e. The minimum absolute atomic E-state index is 0.239. The van der Waals surface area contributed by atoms with Gasteiger partial charge in [-0.15, -0.1) is 11.6 Å². The number of rotatable bonds is 8. The highest BCUT2D eigenvalue weighted by atomic mass is 35.5. The van der Waals surface area contributed by atoms with Crippen LogP contribution in [0.5, 0.6) is 0 Å². The molecule has 1 rings (SSSR count). The van der Waals surface area contributed by atoms with Crippen LogP contribution in [-0.2, 0) is 4.74 Å². The van der Waals surface area contributed by atoms with Crippen LogP contribution in [0.15, 0.2) is 0 Å². The summed E-state index contributed by atoms with van der Waals surface area (Å²) < 4.78 is 5.55. The molecule has 0 spiro atoms. The number of ether oxygens (including phenoxy) is 1. The van der Waals surface area contributed by atoms with Gasteiger partial charge < -0.3 is 10.1 Å². The number of nitrogens with one attached hydrogen (secondary N) is 1. The van der Waals surface area contributed by atoms with Crippen LogP contribution < -0.4 is 5.32 Å². The monoisotopic (exact) mass is 233 g/mol. The van der Waals surface area contributed by atoms with Crippen LogP contribution >= 0.6 is 11.6 Å². The van der Waals surface area contributed by atoms with E-state index < -0.39 is 0 Å². The Morgan fingerprint density at radius 3 is 2.53 bits per heavy atom. The average Bonchev–Trinajstić information content (AvgIpc) is 2.14. The summed E-state index contributed by atoms with van der Waals surface area (Å²) in [5.41, 5.74) is 0.239. The topological polar surface area (TPSA) is 21.3 Å². The molecule has 1 saturated carbocycles. The molecule has 1 fully saturated rings. The third kappa shape index (κ3) is 4.71. The molecule has 0 saturated heterocycles. The van der Waals surface area contributed by atoms with Gasteiger partial charge in [-0.2, -0.15) is 0 Å². The molecule has 15 heavy (non-hydrogen) atoms. The maximum absolute atomic E-state index is 5.94. The van der Waals surface area contributed by atoms with E-state index in [9.17, 15) is 0 Å². The maximum atomic E-state index is 5.94. The van der Waals surface area contributed by atoms with E-state index in [2.05, 4.69) is 19.2 Å². The van der Waals surface area contributed by atoms with Gasteiger partial charge in [0.25, 0.3) is 0 Å². The van der Waals surface area contributed by atoms with Gasteiger partial charge in [0.05, 0.1) is 6.61 Å². The van der Waals surface area contributed by atoms with Crippen molar-refractivity contribution in [2.75, 3.05) is 25.6 Å². The second kappa shape index (κ2) is 6.72. The zero-order chi connectivity index (χ0) is 11.1. The van der Waals surface area contributed by atoms with E-state index >= 15 is 0 Å². The van der Waals surface area contributed by atoms with Crippen LogP contribution in [0.25, 0.3) is 0 Å². The third-order valence-corrected chi connectivity index (χ3v) is 3.66. The third-order valence-electron chi connectivity index (χ3n) is 3.15. The van der Waals surface area contributed by atoms with Crippen LogP contribution in [-0.4, -0.2) is 31.2 Å². The molecule has 0 atom stereocenters. The molecular formula is C12H24ClNO. The van der Waals surface area contributed by atoms with Crippen molar-refractivity contribution < 1.29 is 4.74 Å². The molecule has 0 amide bonds. The molecule has 0 aliphatic heterocycles. The SMILES string of the molecule is CC(C)CCOCCNC1(CCl)CCC1. The van der Waals surface area contributed by atoms with Gasteiger partial charge in [-0.05, 0) is 31.6 Å². The summed E-state index contributed by atoms with van der Waals surface area (Å²) in [4.78, 5) is 0.